The molecule has 0 saturated heterocycles. The van der Waals surface area contributed by atoms with Crippen molar-refractivity contribution >= 4 is 0 Å². The van der Waals surface area contributed by atoms with Crippen LogP contribution >= 0.6 is 0 Å². The van der Waals surface area contributed by atoms with Crippen molar-refractivity contribution < 1.29 is 17.6 Å². The summed E-state index contributed by atoms with van der Waals surface area (Å²) >= 11 is 0. The van der Waals surface area contributed by atoms with Crippen LogP contribution in [0.4, 0.5) is 17.6 Å². The van der Waals surface area contributed by atoms with E-state index in [1.807, 2.05) is 0 Å². The average Bonchev–Trinajstić information content (AvgIpc) is 1.87. The van der Waals surface area contributed by atoms with Gasteiger partial charge in [-0.15, -0.1) is 0 Å². The van der Waals surface area contributed by atoms with Gasteiger partial charge in [-0.3, -0.25) is 0 Å². The van der Waals surface area contributed by atoms with Crippen molar-refractivity contribution in [2.45, 2.75) is 38.0 Å². The van der Waals surface area contributed by atoms with E-state index in [1.54, 1.807) is 0 Å². The second-order valence-corrected chi connectivity index (χ2v) is 2.37. The molecule has 0 amide bonds. The van der Waals surface area contributed by atoms with Crippen molar-refractivity contribution in [2.24, 2.45) is 0 Å². The van der Waals surface area contributed by atoms with E-state index in [2.05, 4.69) is 6.92 Å². The summed E-state index contributed by atoms with van der Waals surface area (Å²) in [6, 6.07) is 0. The number of hydrogen-bond donors (Lipinski definition) is 0. The molecule has 0 nitrogen and oxygen atoms in total. The monoisotopic (exact) mass is 171 g/mol. The molecule has 1 radical (unpaired) electrons. The summed E-state index contributed by atoms with van der Waals surface area (Å²) in [7, 11) is 0. The molecule has 4 heteroatoms. The van der Waals surface area contributed by atoms with Gasteiger partial charge in [0.05, 0.1) is 0 Å². The molecule has 0 aromatic carbocycles. The smallest absolute Gasteiger partial charge is 0.200 e. The standard InChI is InChI=1S/C7H11F4/c1-3-5-7(10,11)6(8,9)4-2/h1,3-5H2,2H3. The maximum absolute atomic E-state index is 12.4. The molecule has 0 unspecified atom stereocenters. The third kappa shape index (κ3) is 2.34. The Hall–Kier alpha value is -0.280. The highest BCUT2D eigenvalue weighted by Gasteiger charge is 2.53. The van der Waals surface area contributed by atoms with Crippen LogP contribution in [0, 0.1) is 6.92 Å². The highest BCUT2D eigenvalue weighted by Crippen LogP contribution is 2.39. The Balaban J connectivity index is 4.26. The molecule has 0 saturated carbocycles. The molecular formula is C7H11F4. The van der Waals surface area contributed by atoms with E-state index in [0.29, 0.717) is 0 Å². The van der Waals surface area contributed by atoms with E-state index in [9.17, 15) is 17.6 Å². The molecule has 0 spiro atoms. The minimum atomic E-state index is -3.90. The predicted molar refractivity (Wildman–Crippen MR) is 34.8 cm³/mol. The SMILES string of the molecule is [CH2]CCC(F)(F)C(F)(F)CC. The molecule has 0 rings (SSSR count). The maximum atomic E-state index is 12.4. The zero-order chi connectivity index (χ0) is 9.12. The largest absolute Gasteiger partial charge is 0.310 e. The van der Waals surface area contributed by atoms with Crippen LogP contribution in [0.25, 0.3) is 0 Å². The van der Waals surface area contributed by atoms with E-state index in [-0.39, 0.29) is 6.42 Å². The Labute approximate surface area is 63.6 Å². The first-order chi connectivity index (χ1) is 4.87. The molecule has 0 aliphatic carbocycles. The fourth-order valence-electron chi connectivity index (χ4n) is 0.664. The second-order valence-electron chi connectivity index (χ2n) is 2.37. The highest BCUT2D eigenvalue weighted by molar-refractivity contribution is 4.83. The molecule has 0 bridgehead atoms. The van der Waals surface area contributed by atoms with Crippen LogP contribution in [-0.2, 0) is 0 Å². The van der Waals surface area contributed by atoms with Crippen molar-refractivity contribution in [1.82, 2.24) is 0 Å². The fraction of sp³-hybridized carbons (Fsp3) is 0.857. The molecular weight excluding hydrogens is 160 g/mol. The highest BCUT2D eigenvalue weighted by atomic mass is 19.3. The summed E-state index contributed by atoms with van der Waals surface area (Å²) in [5.74, 6) is -7.78. The molecule has 11 heavy (non-hydrogen) atoms. The summed E-state index contributed by atoms with van der Waals surface area (Å²) in [6.07, 6.45) is -1.86. The Morgan fingerprint density at radius 3 is 1.82 bits per heavy atom. The first-order valence-electron chi connectivity index (χ1n) is 3.42. The Kier molecular flexibility index (Phi) is 3.32. The molecule has 67 valence electrons. The van der Waals surface area contributed by atoms with Crippen LogP contribution in [0.2, 0.25) is 0 Å². The average molecular weight is 171 g/mol. The Morgan fingerprint density at radius 2 is 1.55 bits per heavy atom. The first kappa shape index (κ1) is 10.7. The normalized spacial score (nSPS) is 13.6. The summed E-state index contributed by atoms with van der Waals surface area (Å²) in [5, 5.41) is 0. The van der Waals surface area contributed by atoms with Gasteiger partial charge in [0.2, 0.25) is 0 Å². The Morgan fingerprint density at radius 1 is 1.09 bits per heavy atom. The van der Waals surface area contributed by atoms with Gasteiger partial charge in [-0.25, -0.2) is 0 Å². The molecule has 0 atom stereocenters. The van der Waals surface area contributed by atoms with E-state index < -0.39 is 24.7 Å². The zero-order valence-corrected chi connectivity index (χ0v) is 6.34. The zero-order valence-electron chi connectivity index (χ0n) is 6.34. The van der Waals surface area contributed by atoms with Gasteiger partial charge in [0.1, 0.15) is 0 Å². The number of halogens is 4. The Bertz CT molecular complexity index is 120. The van der Waals surface area contributed by atoms with Gasteiger partial charge < -0.3 is 0 Å². The predicted octanol–water partition coefficient (Wildman–Crippen LogP) is 3.28. The molecule has 0 aromatic rings. The number of hydrogen-bond acceptors (Lipinski definition) is 0. The van der Waals surface area contributed by atoms with Gasteiger partial charge in [0.25, 0.3) is 0 Å². The van der Waals surface area contributed by atoms with Gasteiger partial charge in [-0.05, 0) is 6.42 Å². The topological polar surface area (TPSA) is 0 Å². The lowest BCUT2D eigenvalue weighted by Gasteiger charge is -2.24. The first-order valence-corrected chi connectivity index (χ1v) is 3.42. The van der Waals surface area contributed by atoms with Crippen molar-refractivity contribution in [2.75, 3.05) is 0 Å². The van der Waals surface area contributed by atoms with Gasteiger partial charge >= 0.3 is 11.8 Å². The van der Waals surface area contributed by atoms with E-state index in [4.69, 9.17) is 0 Å². The lowest BCUT2D eigenvalue weighted by Crippen LogP contribution is -2.39. The van der Waals surface area contributed by atoms with E-state index >= 15 is 0 Å². The molecule has 0 aliphatic heterocycles. The quantitative estimate of drug-likeness (QED) is 0.569. The van der Waals surface area contributed by atoms with E-state index in [1.165, 1.54) is 0 Å². The van der Waals surface area contributed by atoms with Gasteiger partial charge in [-0.1, -0.05) is 13.8 Å². The molecule has 0 N–H and O–H groups in total. The fourth-order valence-corrected chi connectivity index (χ4v) is 0.664. The van der Waals surface area contributed by atoms with Crippen LogP contribution in [0.3, 0.4) is 0 Å². The van der Waals surface area contributed by atoms with Gasteiger partial charge in [0.15, 0.2) is 0 Å². The third-order valence-electron chi connectivity index (χ3n) is 1.47. The van der Waals surface area contributed by atoms with Crippen molar-refractivity contribution in [1.29, 1.82) is 0 Å². The van der Waals surface area contributed by atoms with Crippen molar-refractivity contribution in [3.8, 4) is 0 Å². The minimum absolute atomic E-state index is 0.178. The van der Waals surface area contributed by atoms with Crippen molar-refractivity contribution in [3.05, 3.63) is 6.92 Å². The lowest BCUT2D eigenvalue weighted by atomic mass is 10.1. The third-order valence-corrected chi connectivity index (χ3v) is 1.47. The van der Waals surface area contributed by atoms with E-state index in [0.717, 1.165) is 6.92 Å². The summed E-state index contributed by atoms with van der Waals surface area (Å²) < 4.78 is 49.5. The summed E-state index contributed by atoms with van der Waals surface area (Å²) in [6.45, 7) is 4.14. The maximum Gasteiger partial charge on any atom is 0.310 e. The van der Waals surface area contributed by atoms with Crippen LogP contribution in [0.15, 0.2) is 0 Å². The summed E-state index contributed by atoms with van der Waals surface area (Å²) in [5.41, 5.74) is 0. The molecule has 0 aliphatic rings. The summed E-state index contributed by atoms with van der Waals surface area (Å²) in [4.78, 5) is 0. The van der Waals surface area contributed by atoms with Crippen LogP contribution in [0.1, 0.15) is 26.2 Å². The van der Waals surface area contributed by atoms with Crippen molar-refractivity contribution in [3.63, 3.8) is 0 Å². The van der Waals surface area contributed by atoms with Gasteiger partial charge in [-0.2, -0.15) is 17.6 Å². The molecule has 0 aromatic heterocycles. The van der Waals surface area contributed by atoms with Gasteiger partial charge in [0, 0.05) is 12.8 Å². The minimum Gasteiger partial charge on any atom is -0.200 e. The molecule has 0 fully saturated rings. The number of alkyl halides is 4. The van der Waals surface area contributed by atoms with Crippen LogP contribution < -0.4 is 0 Å². The second kappa shape index (κ2) is 3.41. The molecule has 0 heterocycles. The lowest BCUT2D eigenvalue weighted by molar-refractivity contribution is -0.212. The number of rotatable bonds is 4. The van der Waals surface area contributed by atoms with Crippen LogP contribution in [-0.4, -0.2) is 11.8 Å². The van der Waals surface area contributed by atoms with Crippen LogP contribution in [0.5, 0.6) is 0 Å².